The molecule has 0 spiro atoms. The molecule has 160 valence electrons. The van der Waals surface area contributed by atoms with Gasteiger partial charge in [0.25, 0.3) is 11.6 Å². The van der Waals surface area contributed by atoms with Gasteiger partial charge in [-0.1, -0.05) is 6.07 Å². The summed E-state index contributed by atoms with van der Waals surface area (Å²) in [4.78, 5) is 35.1. The van der Waals surface area contributed by atoms with Gasteiger partial charge >= 0.3 is 5.97 Å². The number of rotatable bonds is 9. The molecule has 0 fully saturated rings. The first-order valence-electron chi connectivity index (χ1n) is 8.96. The van der Waals surface area contributed by atoms with Crippen molar-refractivity contribution in [2.24, 2.45) is 0 Å². The fraction of sp³-hybridized carbons (Fsp3) is 0.300. The third-order valence-corrected chi connectivity index (χ3v) is 4.27. The van der Waals surface area contributed by atoms with Crippen LogP contribution in [0.15, 0.2) is 36.4 Å². The highest BCUT2D eigenvalue weighted by Crippen LogP contribution is 2.27. The van der Waals surface area contributed by atoms with Gasteiger partial charge in [-0.3, -0.25) is 14.9 Å². The molecule has 0 aliphatic rings. The SMILES string of the molecule is CNc1ccc([N+](=O)[O-])cc1C(=O)O[C@@H](C)C(=O)NCc1ccc(OC)c(OC)c1. The number of nitrogens with zero attached hydrogens (tertiary/aromatic N) is 1. The first-order valence-corrected chi connectivity index (χ1v) is 8.96. The molecule has 0 aromatic heterocycles. The van der Waals surface area contributed by atoms with Gasteiger partial charge in [-0.05, 0) is 30.7 Å². The van der Waals surface area contributed by atoms with Gasteiger partial charge in [0.15, 0.2) is 17.6 Å². The minimum absolute atomic E-state index is 0.0359. The summed E-state index contributed by atoms with van der Waals surface area (Å²) in [7, 11) is 4.60. The molecular weight excluding hydrogens is 394 g/mol. The largest absolute Gasteiger partial charge is 0.493 e. The molecule has 0 aliphatic heterocycles. The van der Waals surface area contributed by atoms with Crippen LogP contribution in [0.2, 0.25) is 0 Å². The molecule has 0 bridgehead atoms. The van der Waals surface area contributed by atoms with E-state index in [1.807, 2.05) is 0 Å². The molecule has 30 heavy (non-hydrogen) atoms. The number of nitro benzene ring substituents is 1. The van der Waals surface area contributed by atoms with Gasteiger partial charge in [0.2, 0.25) is 0 Å². The zero-order valence-corrected chi connectivity index (χ0v) is 17.1. The van der Waals surface area contributed by atoms with E-state index >= 15 is 0 Å². The number of hydrogen-bond donors (Lipinski definition) is 2. The van der Waals surface area contributed by atoms with Crippen LogP contribution in [0.5, 0.6) is 11.5 Å². The fourth-order valence-electron chi connectivity index (χ4n) is 2.63. The molecule has 0 unspecified atom stereocenters. The Hall–Kier alpha value is -3.82. The summed E-state index contributed by atoms with van der Waals surface area (Å²) in [5.41, 5.74) is 0.817. The fourth-order valence-corrected chi connectivity index (χ4v) is 2.63. The van der Waals surface area contributed by atoms with E-state index < -0.39 is 22.9 Å². The lowest BCUT2D eigenvalue weighted by Crippen LogP contribution is -2.35. The number of anilines is 1. The Morgan fingerprint density at radius 1 is 1.10 bits per heavy atom. The van der Waals surface area contributed by atoms with Gasteiger partial charge in [0, 0.05) is 31.4 Å². The summed E-state index contributed by atoms with van der Waals surface area (Å²) in [6.45, 7) is 1.60. The molecule has 2 rings (SSSR count). The van der Waals surface area contributed by atoms with Crippen LogP contribution in [-0.4, -0.2) is 44.2 Å². The molecule has 0 aliphatic carbocycles. The number of esters is 1. The molecule has 1 atom stereocenters. The van der Waals surface area contributed by atoms with Crippen molar-refractivity contribution in [2.45, 2.75) is 19.6 Å². The smallest absolute Gasteiger partial charge is 0.341 e. The Labute approximate surface area is 173 Å². The third kappa shape index (κ3) is 5.37. The van der Waals surface area contributed by atoms with E-state index in [-0.39, 0.29) is 17.8 Å². The number of nitrogens with one attached hydrogen (secondary N) is 2. The summed E-state index contributed by atoms with van der Waals surface area (Å²) >= 11 is 0. The first-order chi connectivity index (χ1) is 14.3. The van der Waals surface area contributed by atoms with Crippen LogP contribution < -0.4 is 20.1 Å². The van der Waals surface area contributed by atoms with Crippen LogP contribution in [0.25, 0.3) is 0 Å². The van der Waals surface area contributed by atoms with Crippen molar-refractivity contribution in [1.29, 1.82) is 0 Å². The Balaban J connectivity index is 2.03. The molecule has 2 aromatic rings. The average molecular weight is 417 g/mol. The number of nitro groups is 1. The molecule has 0 heterocycles. The van der Waals surface area contributed by atoms with Gasteiger partial charge in [0.1, 0.15) is 0 Å². The van der Waals surface area contributed by atoms with Gasteiger partial charge in [-0.25, -0.2) is 4.79 Å². The number of non-ortho nitro benzene ring substituents is 1. The number of hydrogen-bond acceptors (Lipinski definition) is 8. The van der Waals surface area contributed by atoms with Crippen LogP contribution in [0.1, 0.15) is 22.8 Å². The number of amides is 1. The highest BCUT2D eigenvalue weighted by Gasteiger charge is 2.23. The lowest BCUT2D eigenvalue weighted by atomic mass is 10.1. The van der Waals surface area contributed by atoms with Crippen LogP contribution in [-0.2, 0) is 16.1 Å². The Morgan fingerprint density at radius 2 is 1.80 bits per heavy atom. The van der Waals surface area contributed by atoms with E-state index in [2.05, 4.69) is 10.6 Å². The molecular formula is C20H23N3O7. The zero-order chi connectivity index (χ0) is 22.3. The summed E-state index contributed by atoms with van der Waals surface area (Å²) in [6, 6.07) is 8.96. The van der Waals surface area contributed by atoms with Crippen molar-refractivity contribution in [3.63, 3.8) is 0 Å². The minimum atomic E-state index is -1.11. The van der Waals surface area contributed by atoms with Crippen molar-refractivity contribution < 1.29 is 28.7 Å². The van der Waals surface area contributed by atoms with E-state index in [4.69, 9.17) is 14.2 Å². The van der Waals surface area contributed by atoms with Gasteiger partial charge < -0.3 is 24.8 Å². The van der Waals surface area contributed by atoms with E-state index in [1.165, 1.54) is 33.3 Å². The molecule has 1 amide bonds. The maximum absolute atomic E-state index is 12.4. The van der Waals surface area contributed by atoms with Crippen LogP contribution >= 0.6 is 0 Å². The number of benzene rings is 2. The van der Waals surface area contributed by atoms with E-state index in [9.17, 15) is 19.7 Å². The molecule has 2 aromatic carbocycles. The summed E-state index contributed by atoms with van der Waals surface area (Å²) in [5.74, 6) is -0.285. The highest BCUT2D eigenvalue weighted by molar-refractivity contribution is 5.98. The second-order valence-electron chi connectivity index (χ2n) is 6.19. The molecule has 0 saturated heterocycles. The Bertz CT molecular complexity index is 946. The van der Waals surface area contributed by atoms with Crippen molar-refractivity contribution >= 4 is 23.3 Å². The Morgan fingerprint density at radius 3 is 2.40 bits per heavy atom. The lowest BCUT2D eigenvalue weighted by molar-refractivity contribution is -0.384. The molecule has 0 saturated carbocycles. The van der Waals surface area contributed by atoms with Crippen molar-refractivity contribution in [3.8, 4) is 11.5 Å². The van der Waals surface area contributed by atoms with Crippen molar-refractivity contribution in [1.82, 2.24) is 5.32 Å². The maximum Gasteiger partial charge on any atom is 0.341 e. The van der Waals surface area contributed by atoms with Gasteiger partial charge in [-0.15, -0.1) is 0 Å². The molecule has 2 N–H and O–H groups in total. The van der Waals surface area contributed by atoms with E-state index in [1.54, 1.807) is 25.2 Å². The summed E-state index contributed by atoms with van der Waals surface area (Å²) in [6.07, 6.45) is -1.11. The second kappa shape index (κ2) is 10.1. The monoisotopic (exact) mass is 417 g/mol. The zero-order valence-electron chi connectivity index (χ0n) is 17.1. The molecule has 10 heteroatoms. The van der Waals surface area contributed by atoms with Crippen molar-refractivity contribution in [3.05, 3.63) is 57.6 Å². The molecule has 10 nitrogen and oxygen atoms in total. The number of methoxy groups -OCH3 is 2. The second-order valence-corrected chi connectivity index (χ2v) is 6.19. The van der Waals surface area contributed by atoms with Crippen molar-refractivity contribution in [2.75, 3.05) is 26.6 Å². The van der Waals surface area contributed by atoms with Gasteiger partial charge in [-0.2, -0.15) is 0 Å². The van der Waals surface area contributed by atoms with Gasteiger partial charge in [0.05, 0.1) is 24.7 Å². The summed E-state index contributed by atoms with van der Waals surface area (Å²) < 4.78 is 15.6. The third-order valence-electron chi connectivity index (χ3n) is 4.27. The number of ether oxygens (including phenoxy) is 3. The quantitative estimate of drug-likeness (QED) is 0.362. The normalized spacial score (nSPS) is 11.2. The average Bonchev–Trinajstić information content (AvgIpc) is 2.76. The van der Waals surface area contributed by atoms with E-state index in [0.29, 0.717) is 17.2 Å². The van der Waals surface area contributed by atoms with E-state index in [0.717, 1.165) is 11.6 Å². The highest BCUT2D eigenvalue weighted by atomic mass is 16.6. The standard InChI is InChI=1S/C20H23N3O7/c1-12(19(24)22-11-13-5-8-17(28-3)18(9-13)29-4)30-20(25)15-10-14(23(26)27)6-7-16(15)21-2/h5-10,12,21H,11H2,1-4H3,(H,22,24)/t12-/m0/s1. The number of carbonyl (C=O) groups is 2. The first kappa shape index (κ1) is 22.5. The maximum atomic E-state index is 12.4. The Kier molecular flexibility index (Phi) is 7.56. The predicted molar refractivity (Wildman–Crippen MR) is 109 cm³/mol. The lowest BCUT2D eigenvalue weighted by Gasteiger charge is -2.15. The minimum Gasteiger partial charge on any atom is -0.493 e. The van der Waals surface area contributed by atoms with Crippen LogP contribution in [0.3, 0.4) is 0 Å². The summed E-state index contributed by atoms with van der Waals surface area (Å²) in [5, 5.41) is 16.4. The van der Waals surface area contributed by atoms with Crippen LogP contribution in [0, 0.1) is 10.1 Å². The number of carbonyl (C=O) groups excluding carboxylic acids is 2. The predicted octanol–water partition coefficient (Wildman–Crippen LogP) is 2.52. The molecule has 0 radical (unpaired) electrons. The topological polar surface area (TPSA) is 129 Å². The van der Waals surface area contributed by atoms with Crippen LogP contribution in [0.4, 0.5) is 11.4 Å².